The van der Waals surface area contributed by atoms with Gasteiger partial charge in [-0.15, -0.1) is 0 Å². The lowest BCUT2D eigenvalue weighted by Crippen LogP contribution is -2.38. The monoisotopic (exact) mass is 641 g/mol. The fraction of sp³-hybridized carbons (Fsp3) is 0.452. The molecule has 1 aliphatic rings. The quantitative estimate of drug-likeness (QED) is 0.234. The number of aryl methyl sites for hydroxylation is 1. The number of nitrogens with zero attached hydrogens (tertiary/aromatic N) is 5. The number of likely N-dealkylation sites (tertiary alicyclic amines) is 1. The summed E-state index contributed by atoms with van der Waals surface area (Å²) in [6, 6.07) is 5.20. The fourth-order valence-corrected chi connectivity index (χ4v) is 5.94. The number of methoxy groups -OCH3 is 2. The molecule has 3 heterocycles. The van der Waals surface area contributed by atoms with Crippen LogP contribution in [-0.4, -0.2) is 72.3 Å². The van der Waals surface area contributed by atoms with Crippen LogP contribution >= 0.6 is 23.2 Å². The summed E-state index contributed by atoms with van der Waals surface area (Å²) in [5.41, 5.74) is 0.570. The van der Waals surface area contributed by atoms with E-state index in [2.05, 4.69) is 25.5 Å². The van der Waals surface area contributed by atoms with E-state index in [1.807, 2.05) is 26.8 Å². The highest BCUT2D eigenvalue weighted by Gasteiger charge is 2.26. The molecule has 234 valence electrons. The van der Waals surface area contributed by atoms with Crippen molar-refractivity contribution < 1.29 is 14.3 Å². The molecule has 1 aliphatic heterocycles. The Kier molecular flexibility index (Phi) is 10.4. The summed E-state index contributed by atoms with van der Waals surface area (Å²) in [4.78, 5) is 37.9. The van der Waals surface area contributed by atoms with Gasteiger partial charge in [0.05, 0.1) is 29.8 Å². The third-order valence-corrected chi connectivity index (χ3v) is 8.05. The van der Waals surface area contributed by atoms with Crippen molar-refractivity contribution in [1.29, 1.82) is 5.26 Å². The van der Waals surface area contributed by atoms with Crippen LogP contribution in [0.2, 0.25) is 10.0 Å². The van der Waals surface area contributed by atoms with Crippen LogP contribution < -0.4 is 25.7 Å². The molecule has 2 aromatic heterocycles. The Hall–Kier alpha value is -3.85. The summed E-state index contributed by atoms with van der Waals surface area (Å²) in [5.74, 6) is 0.674. The first-order chi connectivity index (χ1) is 20.9. The molecule has 3 aromatic rings. The van der Waals surface area contributed by atoms with Gasteiger partial charge in [0.1, 0.15) is 28.8 Å². The Labute approximate surface area is 266 Å². The molecule has 1 amide bonds. The summed E-state index contributed by atoms with van der Waals surface area (Å²) < 4.78 is 12.5. The van der Waals surface area contributed by atoms with Crippen molar-refractivity contribution >= 4 is 46.1 Å². The second-order valence-corrected chi connectivity index (χ2v) is 12.4. The second-order valence-electron chi connectivity index (χ2n) is 11.7. The maximum absolute atomic E-state index is 14.1. The number of ether oxygens (including phenoxy) is 2. The highest BCUT2D eigenvalue weighted by molar-refractivity contribution is 6.41. The van der Waals surface area contributed by atoms with Crippen molar-refractivity contribution in [2.75, 3.05) is 46.2 Å². The molecule has 0 saturated carbocycles. The second kappa shape index (κ2) is 13.8. The maximum atomic E-state index is 14.1. The summed E-state index contributed by atoms with van der Waals surface area (Å²) in [7, 11) is 4.66. The summed E-state index contributed by atoms with van der Waals surface area (Å²) in [6.07, 6.45) is 4.74. The molecule has 1 fully saturated rings. The zero-order chi connectivity index (χ0) is 32.2. The summed E-state index contributed by atoms with van der Waals surface area (Å²) >= 11 is 13.4. The number of nitrogens with one attached hydrogen (secondary N) is 2. The van der Waals surface area contributed by atoms with Crippen LogP contribution in [0, 0.1) is 16.7 Å². The van der Waals surface area contributed by atoms with Crippen molar-refractivity contribution in [3.05, 3.63) is 50.4 Å². The van der Waals surface area contributed by atoms with Gasteiger partial charge in [0.25, 0.3) is 11.5 Å². The number of fused-ring (bicyclic) bond motifs is 1. The number of aromatic nitrogens is 3. The van der Waals surface area contributed by atoms with E-state index >= 15 is 0 Å². The molecule has 2 N–H and O–H groups in total. The standard InChI is InChI=1S/C31H37Cl2N7O4/c1-31(2,3)14-19(15-34)28(41)37-20-8-11-39(17-20)9-7-10-40-27-18(16-36-30(35-4)38-27)12-21(29(40)42)24-25(32)22(43-5)13-23(44-6)26(24)33/h12-14,16,20H,7-11,17H2,1-6H3,(H,37,41)(H,35,36,38). The normalized spacial score (nSPS) is 15.7. The molecule has 13 heteroatoms. The number of allylic oxidation sites excluding steroid dienone is 1. The maximum Gasteiger partial charge on any atom is 0.261 e. The molecular formula is C31H37Cl2N7O4. The van der Waals surface area contributed by atoms with E-state index in [1.54, 1.807) is 36.0 Å². The fourth-order valence-electron chi connectivity index (χ4n) is 5.24. The van der Waals surface area contributed by atoms with Crippen LogP contribution in [0.3, 0.4) is 0 Å². The Bertz CT molecular complexity index is 1660. The van der Waals surface area contributed by atoms with Gasteiger partial charge in [-0.25, -0.2) is 4.98 Å². The van der Waals surface area contributed by atoms with Crippen LogP contribution in [-0.2, 0) is 11.3 Å². The van der Waals surface area contributed by atoms with Crippen molar-refractivity contribution in [3.63, 3.8) is 0 Å². The number of carbonyl (C=O) groups is 1. The van der Waals surface area contributed by atoms with Gasteiger partial charge in [0.2, 0.25) is 5.95 Å². The molecule has 1 atom stereocenters. The predicted octanol–water partition coefficient (Wildman–Crippen LogP) is 4.90. The number of rotatable bonds is 10. The first-order valence-electron chi connectivity index (χ1n) is 14.3. The minimum Gasteiger partial charge on any atom is -0.495 e. The minimum atomic E-state index is -0.351. The first kappa shape index (κ1) is 33.1. The van der Waals surface area contributed by atoms with Crippen molar-refractivity contribution in [2.45, 2.75) is 46.2 Å². The Morgan fingerprint density at radius 2 is 1.86 bits per heavy atom. The van der Waals surface area contributed by atoms with E-state index in [0.29, 0.717) is 60.1 Å². The third kappa shape index (κ3) is 7.26. The number of halogens is 2. The minimum absolute atomic E-state index is 0.0654. The highest BCUT2D eigenvalue weighted by Crippen LogP contribution is 2.45. The van der Waals surface area contributed by atoms with Crippen LogP contribution in [0.4, 0.5) is 5.95 Å². The molecule has 1 saturated heterocycles. The third-order valence-electron chi connectivity index (χ3n) is 7.30. The van der Waals surface area contributed by atoms with Gasteiger partial charge in [-0.2, -0.15) is 10.2 Å². The van der Waals surface area contributed by atoms with E-state index in [0.717, 1.165) is 13.0 Å². The SMILES string of the molecule is CNc1ncc2cc(-c3c(Cl)c(OC)cc(OC)c3Cl)c(=O)n(CCCN3CCC(NC(=O)C(C#N)=CC(C)(C)C)C3)c2n1. The molecule has 0 radical (unpaired) electrons. The zero-order valence-electron chi connectivity index (χ0n) is 25.8. The molecule has 44 heavy (non-hydrogen) atoms. The zero-order valence-corrected chi connectivity index (χ0v) is 27.3. The lowest BCUT2D eigenvalue weighted by atomic mass is 9.93. The predicted molar refractivity (Wildman–Crippen MR) is 173 cm³/mol. The molecular weight excluding hydrogens is 605 g/mol. The van der Waals surface area contributed by atoms with Gasteiger partial charge in [-0.1, -0.05) is 50.0 Å². The van der Waals surface area contributed by atoms with E-state index in [1.165, 1.54) is 14.2 Å². The average Bonchev–Trinajstić information content (AvgIpc) is 3.43. The largest absolute Gasteiger partial charge is 0.495 e. The number of pyridine rings is 1. The lowest BCUT2D eigenvalue weighted by Gasteiger charge is -2.19. The molecule has 0 bridgehead atoms. The van der Waals surface area contributed by atoms with Crippen LogP contribution in [0.15, 0.2) is 34.8 Å². The molecule has 1 aromatic carbocycles. The summed E-state index contributed by atoms with van der Waals surface area (Å²) in [5, 5.41) is 16.4. The molecule has 0 aliphatic carbocycles. The lowest BCUT2D eigenvalue weighted by molar-refractivity contribution is -0.117. The summed E-state index contributed by atoms with van der Waals surface area (Å²) in [6.45, 7) is 8.32. The first-order valence-corrected chi connectivity index (χ1v) is 15.0. The van der Waals surface area contributed by atoms with Gasteiger partial charge < -0.3 is 25.0 Å². The number of hydrogen-bond donors (Lipinski definition) is 2. The number of nitriles is 1. The smallest absolute Gasteiger partial charge is 0.261 e. The van der Waals surface area contributed by atoms with Crippen LogP contribution in [0.25, 0.3) is 22.2 Å². The number of amides is 1. The Balaban J connectivity index is 1.58. The van der Waals surface area contributed by atoms with E-state index in [4.69, 9.17) is 32.7 Å². The highest BCUT2D eigenvalue weighted by atomic mass is 35.5. The van der Waals surface area contributed by atoms with Crippen molar-refractivity contribution in [2.24, 2.45) is 5.41 Å². The number of anilines is 1. The van der Waals surface area contributed by atoms with Crippen LogP contribution in [0.1, 0.15) is 33.6 Å². The Morgan fingerprint density at radius 3 is 2.45 bits per heavy atom. The number of benzene rings is 1. The average molecular weight is 643 g/mol. The van der Waals surface area contributed by atoms with E-state index in [9.17, 15) is 14.9 Å². The van der Waals surface area contributed by atoms with Crippen molar-refractivity contribution in [1.82, 2.24) is 24.8 Å². The topological polar surface area (TPSA) is 134 Å². The van der Waals surface area contributed by atoms with Gasteiger partial charge in [0.15, 0.2) is 0 Å². The van der Waals surface area contributed by atoms with E-state index < -0.39 is 0 Å². The van der Waals surface area contributed by atoms with Gasteiger partial charge in [-0.05, 0) is 30.9 Å². The molecule has 1 unspecified atom stereocenters. The van der Waals surface area contributed by atoms with Gasteiger partial charge >= 0.3 is 0 Å². The molecule has 11 nitrogen and oxygen atoms in total. The van der Waals surface area contributed by atoms with Crippen LogP contribution in [0.5, 0.6) is 11.5 Å². The van der Waals surface area contributed by atoms with Crippen molar-refractivity contribution in [3.8, 4) is 28.7 Å². The van der Waals surface area contributed by atoms with E-state index in [-0.39, 0.29) is 44.1 Å². The molecule has 0 spiro atoms. The Morgan fingerprint density at radius 1 is 1.18 bits per heavy atom. The van der Waals surface area contributed by atoms with Gasteiger partial charge in [-0.3, -0.25) is 14.2 Å². The number of carbonyl (C=O) groups excluding carboxylic acids is 1. The number of hydrogen-bond acceptors (Lipinski definition) is 9. The molecule has 4 rings (SSSR count). The van der Waals surface area contributed by atoms with Gasteiger partial charge in [0, 0.05) is 55.9 Å².